The zero-order valence-corrected chi connectivity index (χ0v) is 11.2. The molecule has 2 aliphatic rings. The predicted octanol–water partition coefficient (Wildman–Crippen LogP) is 2.97. The molecule has 0 radical (unpaired) electrons. The van der Waals surface area contributed by atoms with Crippen molar-refractivity contribution in [3.63, 3.8) is 0 Å². The molecular formula is C15H19FN2O. The van der Waals surface area contributed by atoms with Gasteiger partial charge in [-0.2, -0.15) is 0 Å². The first-order valence-electron chi connectivity index (χ1n) is 7.10. The summed E-state index contributed by atoms with van der Waals surface area (Å²) < 4.78 is 13.8. The van der Waals surface area contributed by atoms with Gasteiger partial charge in [-0.25, -0.2) is 4.39 Å². The van der Waals surface area contributed by atoms with E-state index < -0.39 is 5.82 Å². The van der Waals surface area contributed by atoms with Crippen molar-refractivity contribution in [2.45, 2.75) is 38.5 Å². The van der Waals surface area contributed by atoms with E-state index in [9.17, 15) is 9.18 Å². The summed E-state index contributed by atoms with van der Waals surface area (Å²) in [4.78, 5) is 18.2. The molecule has 1 saturated heterocycles. The summed E-state index contributed by atoms with van der Waals surface area (Å²) in [5.41, 5.74) is 1.07. The Kier molecular flexibility index (Phi) is 3.25. The summed E-state index contributed by atoms with van der Waals surface area (Å²) in [5, 5.41) is 0. The summed E-state index contributed by atoms with van der Waals surface area (Å²) in [6, 6.07) is 1.66. The van der Waals surface area contributed by atoms with Gasteiger partial charge in [0.2, 0.25) is 0 Å². The molecule has 1 saturated carbocycles. The van der Waals surface area contributed by atoms with Crippen LogP contribution in [0.5, 0.6) is 0 Å². The summed E-state index contributed by atoms with van der Waals surface area (Å²) in [6.07, 6.45) is 5.43. The molecule has 0 bridgehead atoms. The number of nitrogens with zero attached hydrogens (tertiary/aromatic N) is 2. The standard InChI is InChI=1S/C15H19FN2O/c1-10-4-6-18(7-5-10)15(19)12-8-14(11-2-3-11)17-9-13(12)16/h8-11H,2-7H2,1H3. The molecule has 1 aliphatic heterocycles. The van der Waals surface area contributed by atoms with Gasteiger partial charge in [0.05, 0.1) is 11.8 Å². The van der Waals surface area contributed by atoms with Crippen molar-refractivity contribution < 1.29 is 9.18 Å². The first kappa shape index (κ1) is 12.6. The lowest BCUT2D eigenvalue weighted by Gasteiger charge is -2.30. The van der Waals surface area contributed by atoms with E-state index in [2.05, 4.69) is 11.9 Å². The highest BCUT2D eigenvalue weighted by Gasteiger charge is 2.28. The molecule has 1 aromatic rings. The predicted molar refractivity (Wildman–Crippen MR) is 70.5 cm³/mol. The van der Waals surface area contributed by atoms with E-state index in [0.717, 1.165) is 44.5 Å². The third-order valence-electron chi connectivity index (χ3n) is 4.17. The van der Waals surface area contributed by atoms with E-state index in [1.807, 2.05) is 0 Å². The average Bonchev–Trinajstić information content (AvgIpc) is 3.24. The summed E-state index contributed by atoms with van der Waals surface area (Å²) in [6.45, 7) is 3.67. The number of hydrogen-bond acceptors (Lipinski definition) is 2. The number of amides is 1. The first-order chi connectivity index (χ1) is 9.15. The van der Waals surface area contributed by atoms with Crippen LogP contribution in [0.3, 0.4) is 0 Å². The van der Waals surface area contributed by atoms with E-state index >= 15 is 0 Å². The van der Waals surface area contributed by atoms with Crippen LogP contribution in [0, 0.1) is 11.7 Å². The largest absolute Gasteiger partial charge is 0.339 e. The van der Waals surface area contributed by atoms with Crippen LogP contribution < -0.4 is 0 Å². The summed E-state index contributed by atoms with van der Waals surface area (Å²) in [5.74, 6) is 0.434. The molecule has 0 N–H and O–H groups in total. The highest BCUT2D eigenvalue weighted by molar-refractivity contribution is 5.94. The molecule has 1 aliphatic carbocycles. The van der Waals surface area contributed by atoms with E-state index in [-0.39, 0.29) is 11.5 Å². The fraction of sp³-hybridized carbons (Fsp3) is 0.600. The molecule has 1 amide bonds. The number of carbonyl (C=O) groups excluding carboxylic acids is 1. The zero-order chi connectivity index (χ0) is 13.4. The first-order valence-corrected chi connectivity index (χ1v) is 7.10. The van der Waals surface area contributed by atoms with Gasteiger partial charge < -0.3 is 4.90 Å². The Hall–Kier alpha value is -1.45. The van der Waals surface area contributed by atoms with Gasteiger partial charge in [-0.1, -0.05) is 6.92 Å². The normalized spacial score (nSPS) is 20.6. The van der Waals surface area contributed by atoms with Gasteiger partial charge in [0.1, 0.15) is 0 Å². The van der Waals surface area contributed by atoms with Crippen LogP contribution in [0.15, 0.2) is 12.3 Å². The van der Waals surface area contributed by atoms with Crippen LogP contribution in [0.2, 0.25) is 0 Å². The monoisotopic (exact) mass is 262 g/mol. The second-order valence-corrected chi connectivity index (χ2v) is 5.84. The number of halogens is 1. The van der Waals surface area contributed by atoms with Gasteiger partial charge in [-0.05, 0) is 37.7 Å². The fourth-order valence-electron chi connectivity index (χ4n) is 2.60. The van der Waals surface area contributed by atoms with Crippen molar-refractivity contribution >= 4 is 5.91 Å². The molecule has 0 unspecified atom stereocenters. The van der Waals surface area contributed by atoms with Crippen molar-refractivity contribution in [3.8, 4) is 0 Å². The Morgan fingerprint density at radius 2 is 2.00 bits per heavy atom. The fourth-order valence-corrected chi connectivity index (χ4v) is 2.60. The zero-order valence-electron chi connectivity index (χ0n) is 11.2. The van der Waals surface area contributed by atoms with E-state index in [1.54, 1.807) is 11.0 Å². The lowest BCUT2D eigenvalue weighted by Crippen LogP contribution is -2.38. The summed E-state index contributed by atoms with van der Waals surface area (Å²) in [7, 11) is 0. The maximum atomic E-state index is 13.8. The number of rotatable bonds is 2. The van der Waals surface area contributed by atoms with Crippen molar-refractivity contribution in [1.29, 1.82) is 0 Å². The third-order valence-corrected chi connectivity index (χ3v) is 4.17. The maximum absolute atomic E-state index is 13.8. The Balaban J connectivity index is 1.80. The van der Waals surface area contributed by atoms with E-state index in [0.29, 0.717) is 11.8 Å². The van der Waals surface area contributed by atoms with Crippen LogP contribution in [-0.2, 0) is 0 Å². The van der Waals surface area contributed by atoms with Gasteiger partial charge in [0.25, 0.3) is 5.91 Å². The molecule has 1 aromatic heterocycles. The molecule has 102 valence electrons. The smallest absolute Gasteiger partial charge is 0.256 e. The highest BCUT2D eigenvalue weighted by Crippen LogP contribution is 2.39. The molecule has 3 nitrogen and oxygen atoms in total. The quantitative estimate of drug-likeness (QED) is 0.821. The van der Waals surface area contributed by atoms with E-state index in [1.165, 1.54) is 6.20 Å². The minimum absolute atomic E-state index is 0.172. The Morgan fingerprint density at radius 1 is 1.32 bits per heavy atom. The van der Waals surface area contributed by atoms with Crippen LogP contribution in [0.25, 0.3) is 0 Å². The van der Waals surface area contributed by atoms with Crippen molar-refractivity contribution in [3.05, 3.63) is 29.3 Å². The molecule has 2 fully saturated rings. The van der Waals surface area contributed by atoms with Gasteiger partial charge >= 0.3 is 0 Å². The minimum atomic E-state index is -0.493. The molecule has 4 heteroatoms. The van der Waals surface area contributed by atoms with Crippen molar-refractivity contribution in [2.24, 2.45) is 5.92 Å². The van der Waals surface area contributed by atoms with Crippen molar-refractivity contribution in [2.75, 3.05) is 13.1 Å². The summed E-state index contributed by atoms with van der Waals surface area (Å²) >= 11 is 0. The van der Waals surface area contributed by atoms with Gasteiger partial charge in [0.15, 0.2) is 5.82 Å². The number of pyridine rings is 1. The molecule has 0 atom stereocenters. The third kappa shape index (κ3) is 2.62. The molecule has 0 aromatic carbocycles. The molecule has 0 spiro atoms. The maximum Gasteiger partial charge on any atom is 0.256 e. The number of aromatic nitrogens is 1. The SMILES string of the molecule is CC1CCN(C(=O)c2cc(C3CC3)ncc2F)CC1. The van der Waals surface area contributed by atoms with Crippen molar-refractivity contribution in [1.82, 2.24) is 9.88 Å². The highest BCUT2D eigenvalue weighted by atomic mass is 19.1. The van der Waals surface area contributed by atoms with Gasteiger partial charge in [0, 0.05) is 24.7 Å². The molecule has 3 rings (SSSR count). The minimum Gasteiger partial charge on any atom is -0.339 e. The van der Waals surface area contributed by atoms with Crippen LogP contribution in [-0.4, -0.2) is 28.9 Å². The van der Waals surface area contributed by atoms with E-state index in [4.69, 9.17) is 0 Å². The molecule has 19 heavy (non-hydrogen) atoms. The second-order valence-electron chi connectivity index (χ2n) is 5.84. The topological polar surface area (TPSA) is 33.2 Å². The number of likely N-dealkylation sites (tertiary alicyclic amines) is 1. The van der Waals surface area contributed by atoms with Gasteiger partial charge in [-0.15, -0.1) is 0 Å². The average molecular weight is 262 g/mol. The van der Waals surface area contributed by atoms with Crippen LogP contribution >= 0.6 is 0 Å². The lowest BCUT2D eigenvalue weighted by molar-refractivity contribution is 0.0692. The van der Waals surface area contributed by atoms with Crippen LogP contribution in [0.4, 0.5) is 4.39 Å². The Labute approximate surface area is 112 Å². The number of carbonyl (C=O) groups is 1. The number of hydrogen-bond donors (Lipinski definition) is 0. The number of piperidine rings is 1. The Morgan fingerprint density at radius 3 is 2.63 bits per heavy atom. The second kappa shape index (κ2) is 4.91. The lowest BCUT2D eigenvalue weighted by atomic mass is 9.98. The molecular weight excluding hydrogens is 243 g/mol. The van der Waals surface area contributed by atoms with Gasteiger partial charge in [-0.3, -0.25) is 9.78 Å². The van der Waals surface area contributed by atoms with Crippen LogP contribution in [0.1, 0.15) is 54.6 Å². The molecule has 2 heterocycles. The Bertz CT molecular complexity index is 491.